The van der Waals surface area contributed by atoms with Crippen LogP contribution in [0.1, 0.15) is 95.8 Å². The highest BCUT2D eigenvalue weighted by molar-refractivity contribution is 7.01. The van der Waals surface area contributed by atoms with Gasteiger partial charge in [-0.15, -0.1) is 0 Å². The van der Waals surface area contributed by atoms with Crippen LogP contribution in [-0.2, 0) is 10.8 Å². The van der Waals surface area contributed by atoms with Crippen molar-refractivity contribution in [3.63, 3.8) is 0 Å². The van der Waals surface area contributed by atoms with Crippen LogP contribution < -0.4 is 31.1 Å². The maximum Gasteiger partial charge on any atom is 0.252 e. The molecule has 0 saturated heterocycles. The fourth-order valence-corrected chi connectivity index (χ4v) is 16.1. The maximum atomic E-state index is 3.05. The molecule has 5 fully saturated rings. The zero-order valence-electron chi connectivity index (χ0n) is 32.1. The highest BCUT2D eigenvalue weighted by Crippen LogP contribution is 2.91. The first-order valence-electron chi connectivity index (χ1n) is 21.2. The molecule has 1 spiro atoms. The predicted molar refractivity (Wildman–Crippen MR) is 223 cm³/mol. The van der Waals surface area contributed by atoms with Crippen molar-refractivity contribution in [1.29, 1.82) is 0 Å². The first-order chi connectivity index (χ1) is 26.2. The highest BCUT2D eigenvalue weighted by atomic mass is 15.3. The van der Waals surface area contributed by atoms with Gasteiger partial charge in [0.05, 0.1) is 11.1 Å². The number of fused-ring (bicyclic) bond motifs is 3. The summed E-state index contributed by atoms with van der Waals surface area (Å²) in [5, 5.41) is 0. The number of hydrogen-bond acceptors (Lipinski definition) is 3. The predicted octanol–water partition coefficient (Wildman–Crippen LogP) is 10.0. The third-order valence-corrected chi connectivity index (χ3v) is 18.3. The Balaban J connectivity index is 1.12. The normalized spacial score (nSPS) is 35.3. The summed E-state index contributed by atoms with van der Waals surface area (Å²) in [5.74, 6) is 2.80. The first-order valence-corrected chi connectivity index (χ1v) is 21.2. The van der Waals surface area contributed by atoms with Crippen LogP contribution in [0.25, 0.3) is 0 Å². The van der Waals surface area contributed by atoms with Gasteiger partial charge in [0, 0.05) is 56.1 Å². The van der Waals surface area contributed by atoms with Gasteiger partial charge in [0.25, 0.3) is 6.71 Å². The van der Waals surface area contributed by atoms with Crippen LogP contribution in [0.5, 0.6) is 0 Å². The standard InChI is InChI=1S/C50H48BN3/c1-46(2)36-17-12-20-39-43(36)51-44-37(46)18-13-21-40(44)54(49-28-31-24-30-25-32(29-49)50(30,31)49)42-27-34(26-41(45(42)51)52(39)33-14-6-5-7-15-33)53-38-19-9-8-16-35(38)47(3)22-10-11-23-48(47,53)4/h5-9,12-21,26-27,30-32H,10-11,22-25,28-29H2,1-4H3. The van der Waals surface area contributed by atoms with E-state index in [4.69, 9.17) is 0 Å². The summed E-state index contributed by atoms with van der Waals surface area (Å²) in [7, 11) is 0. The van der Waals surface area contributed by atoms with Crippen LogP contribution in [0, 0.1) is 23.2 Å². The van der Waals surface area contributed by atoms with Crippen molar-refractivity contribution in [3.8, 4) is 0 Å². The summed E-state index contributed by atoms with van der Waals surface area (Å²) >= 11 is 0. The molecule has 0 amide bonds. The van der Waals surface area contributed by atoms with Crippen molar-refractivity contribution in [3.05, 3.63) is 120 Å². The van der Waals surface area contributed by atoms with Crippen molar-refractivity contribution in [2.75, 3.05) is 14.7 Å². The summed E-state index contributed by atoms with van der Waals surface area (Å²) < 4.78 is 0. The van der Waals surface area contributed by atoms with Gasteiger partial charge in [-0.3, -0.25) is 0 Å². The summed E-state index contributed by atoms with van der Waals surface area (Å²) in [6.45, 7) is 10.4. The maximum absolute atomic E-state index is 3.05. The topological polar surface area (TPSA) is 9.72 Å². The zero-order valence-corrected chi connectivity index (χ0v) is 32.1. The molecule has 5 aromatic carbocycles. The van der Waals surface area contributed by atoms with Gasteiger partial charge in [0.1, 0.15) is 0 Å². The fourth-order valence-electron chi connectivity index (χ4n) is 16.1. The summed E-state index contributed by atoms with van der Waals surface area (Å²) in [6, 6.07) is 40.8. The number of para-hydroxylation sites is 2. The van der Waals surface area contributed by atoms with Crippen LogP contribution >= 0.6 is 0 Å². The van der Waals surface area contributed by atoms with E-state index >= 15 is 0 Å². The first kappa shape index (κ1) is 29.9. The van der Waals surface area contributed by atoms with Gasteiger partial charge in [-0.1, -0.05) is 94.3 Å². The smallest absolute Gasteiger partial charge is 0.252 e. The van der Waals surface area contributed by atoms with E-state index in [-0.39, 0.29) is 28.6 Å². The summed E-state index contributed by atoms with van der Waals surface area (Å²) in [4.78, 5) is 8.57. The molecule has 9 aliphatic rings. The van der Waals surface area contributed by atoms with Crippen LogP contribution in [0.2, 0.25) is 0 Å². The monoisotopic (exact) mass is 701 g/mol. The molecule has 14 rings (SSSR count). The van der Waals surface area contributed by atoms with Crippen molar-refractivity contribution >= 4 is 62.9 Å². The lowest BCUT2D eigenvalue weighted by atomic mass is 9.15. The van der Waals surface area contributed by atoms with E-state index in [2.05, 4.69) is 146 Å². The minimum absolute atomic E-state index is 0.000204. The van der Waals surface area contributed by atoms with E-state index < -0.39 is 0 Å². The molecule has 266 valence electrons. The highest BCUT2D eigenvalue weighted by Gasteiger charge is 2.89. The van der Waals surface area contributed by atoms with Gasteiger partial charge in [0.2, 0.25) is 0 Å². The number of hydrogen-bond donors (Lipinski definition) is 0. The molecular weight excluding hydrogens is 653 g/mol. The lowest BCUT2D eigenvalue weighted by Gasteiger charge is -2.92. The molecule has 4 heteroatoms. The van der Waals surface area contributed by atoms with Crippen LogP contribution in [0.4, 0.5) is 39.8 Å². The van der Waals surface area contributed by atoms with Gasteiger partial charge in [-0.25, -0.2) is 0 Å². The molecule has 0 bridgehead atoms. The summed E-state index contributed by atoms with van der Waals surface area (Å²) in [6.07, 6.45) is 10.7. The minimum Gasteiger partial charge on any atom is -0.335 e. The van der Waals surface area contributed by atoms with Gasteiger partial charge in [0.15, 0.2) is 0 Å². The van der Waals surface area contributed by atoms with Crippen LogP contribution in [-0.4, -0.2) is 17.8 Å². The Morgan fingerprint density at radius 2 is 1.17 bits per heavy atom. The molecule has 0 radical (unpaired) electrons. The molecule has 0 aromatic heterocycles. The molecular formula is C50H48BN3. The minimum atomic E-state index is -0.0921. The Kier molecular flexibility index (Phi) is 4.97. The van der Waals surface area contributed by atoms with Crippen molar-refractivity contribution in [1.82, 2.24) is 0 Å². The number of nitrogens with zero attached hydrogens (tertiary/aromatic N) is 3. The molecule has 5 aliphatic carbocycles. The molecule has 54 heavy (non-hydrogen) atoms. The average molecular weight is 702 g/mol. The quantitative estimate of drug-likeness (QED) is 0.170. The Morgan fingerprint density at radius 1 is 0.537 bits per heavy atom. The lowest BCUT2D eigenvalue weighted by Crippen LogP contribution is -2.93. The molecule has 4 heterocycles. The average Bonchev–Trinajstić information content (AvgIpc) is 3.36. The SMILES string of the molecule is CC1(C)c2cccc3c2B2c4c(cc(N5c6ccccc6C6(C)CCCCC56C)cc4N(C45CC6CC7CC(C4)C765)c4cccc1c42)N3c1ccccc1. The Bertz CT molecular complexity index is 2530. The molecule has 4 atom stereocenters. The molecule has 0 N–H and O–H groups in total. The lowest BCUT2D eigenvalue weighted by molar-refractivity contribution is -0.385. The van der Waals surface area contributed by atoms with Gasteiger partial charge >= 0.3 is 0 Å². The molecule has 5 saturated carbocycles. The number of rotatable bonds is 3. The van der Waals surface area contributed by atoms with Crippen LogP contribution in [0.3, 0.4) is 0 Å². The van der Waals surface area contributed by atoms with Gasteiger partial charge < -0.3 is 14.7 Å². The van der Waals surface area contributed by atoms with Gasteiger partial charge in [-0.05, 0) is 139 Å². The van der Waals surface area contributed by atoms with E-state index in [0.717, 1.165) is 17.8 Å². The molecule has 4 aliphatic heterocycles. The Labute approximate surface area is 320 Å². The van der Waals surface area contributed by atoms with Crippen molar-refractivity contribution in [2.45, 2.75) is 101 Å². The number of anilines is 7. The fraction of sp³-hybridized carbons (Fsp3) is 0.400. The second-order valence-corrected chi connectivity index (χ2v) is 20.0. The second kappa shape index (κ2) is 8.99. The van der Waals surface area contributed by atoms with Crippen LogP contribution in [0.15, 0.2) is 103 Å². The Hall–Kier alpha value is -4.44. The Morgan fingerprint density at radius 3 is 1.91 bits per heavy atom. The van der Waals surface area contributed by atoms with Crippen molar-refractivity contribution in [2.24, 2.45) is 23.2 Å². The van der Waals surface area contributed by atoms with E-state index in [0.29, 0.717) is 5.41 Å². The van der Waals surface area contributed by atoms with E-state index in [9.17, 15) is 0 Å². The number of benzene rings is 5. The zero-order chi connectivity index (χ0) is 35.7. The van der Waals surface area contributed by atoms with E-state index in [1.54, 1.807) is 16.5 Å². The van der Waals surface area contributed by atoms with E-state index in [1.165, 1.54) is 108 Å². The third kappa shape index (κ3) is 2.81. The molecule has 5 aromatic rings. The molecule has 4 unspecified atom stereocenters. The van der Waals surface area contributed by atoms with E-state index in [1.807, 2.05) is 0 Å². The third-order valence-electron chi connectivity index (χ3n) is 18.3. The second-order valence-electron chi connectivity index (χ2n) is 20.0. The largest absolute Gasteiger partial charge is 0.335 e. The summed E-state index contributed by atoms with van der Waals surface area (Å²) in [5.41, 5.74) is 19.9. The molecule has 3 nitrogen and oxygen atoms in total. The van der Waals surface area contributed by atoms with Gasteiger partial charge in [-0.2, -0.15) is 0 Å². The van der Waals surface area contributed by atoms with Crippen molar-refractivity contribution < 1.29 is 0 Å².